The van der Waals surface area contributed by atoms with E-state index in [0.29, 0.717) is 19.3 Å². The summed E-state index contributed by atoms with van der Waals surface area (Å²) in [6.45, 7) is 0.0768. The van der Waals surface area contributed by atoms with Crippen LogP contribution >= 0.6 is 0 Å². The van der Waals surface area contributed by atoms with Gasteiger partial charge in [0.15, 0.2) is 9.84 Å². The quantitative estimate of drug-likeness (QED) is 0.373. The van der Waals surface area contributed by atoms with Crippen molar-refractivity contribution in [3.63, 3.8) is 0 Å². The summed E-state index contributed by atoms with van der Waals surface area (Å²) in [5.74, 6) is -0.424. The highest BCUT2D eigenvalue weighted by atomic mass is 32.2. The third kappa shape index (κ3) is 10.7. The van der Waals surface area contributed by atoms with Gasteiger partial charge in [-0.25, -0.2) is 13.2 Å². The SMILES string of the molecule is CS(=O)(=O)/C=C/C(Cc1ccccc1)NC(=O)C(CCc1ccccc1)NC(=O)OCc1ccccc1. The van der Waals surface area contributed by atoms with Crippen LogP contribution < -0.4 is 10.6 Å². The van der Waals surface area contributed by atoms with Gasteiger partial charge in [0.2, 0.25) is 5.91 Å². The first-order valence-electron chi connectivity index (χ1n) is 12.0. The molecule has 0 aromatic heterocycles. The number of sulfone groups is 1. The van der Waals surface area contributed by atoms with Gasteiger partial charge in [0.1, 0.15) is 12.6 Å². The predicted molar refractivity (Wildman–Crippen MR) is 144 cm³/mol. The molecule has 37 heavy (non-hydrogen) atoms. The summed E-state index contributed by atoms with van der Waals surface area (Å²) < 4.78 is 28.8. The van der Waals surface area contributed by atoms with Crippen molar-refractivity contribution in [3.05, 3.63) is 119 Å². The van der Waals surface area contributed by atoms with Crippen molar-refractivity contribution in [1.29, 1.82) is 0 Å². The van der Waals surface area contributed by atoms with Gasteiger partial charge in [-0.1, -0.05) is 97.1 Å². The Morgan fingerprint density at radius 1 is 0.811 bits per heavy atom. The lowest BCUT2D eigenvalue weighted by molar-refractivity contribution is -0.123. The topological polar surface area (TPSA) is 102 Å². The Bertz CT molecular complexity index is 1260. The number of hydrogen-bond acceptors (Lipinski definition) is 5. The Morgan fingerprint density at radius 2 is 1.35 bits per heavy atom. The van der Waals surface area contributed by atoms with Crippen LogP contribution in [0.25, 0.3) is 0 Å². The second-order valence-electron chi connectivity index (χ2n) is 8.75. The monoisotopic (exact) mass is 520 g/mol. The lowest BCUT2D eigenvalue weighted by Crippen LogP contribution is -2.50. The summed E-state index contributed by atoms with van der Waals surface area (Å²) in [7, 11) is -3.39. The van der Waals surface area contributed by atoms with Crippen LogP contribution in [-0.2, 0) is 38.8 Å². The van der Waals surface area contributed by atoms with Crippen molar-refractivity contribution in [1.82, 2.24) is 10.6 Å². The zero-order valence-corrected chi connectivity index (χ0v) is 21.6. The number of carbonyl (C=O) groups is 2. The average molecular weight is 521 g/mol. The van der Waals surface area contributed by atoms with E-state index < -0.39 is 33.9 Å². The van der Waals surface area contributed by atoms with Crippen molar-refractivity contribution in [2.45, 2.75) is 38.0 Å². The van der Waals surface area contributed by atoms with Crippen LogP contribution in [0.15, 0.2) is 102 Å². The molecule has 0 spiro atoms. The van der Waals surface area contributed by atoms with Crippen LogP contribution in [0.4, 0.5) is 4.79 Å². The van der Waals surface area contributed by atoms with Crippen molar-refractivity contribution < 1.29 is 22.7 Å². The second kappa shape index (κ2) is 14.0. The van der Waals surface area contributed by atoms with Crippen LogP contribution in [0, 0.1) is 0 Å². The van der Waals surface area contributed by atoms with Crippen LogP contribution in [0.2, 0.25) is 0 Å². The van der Waals surface area contributed by atoms with E-state index in [-0.39, 0.29) is 6.61 Å². The highest BCUT2D eigenvalue weighted by molar-refractivity contribution is 7.93. The molecule has 2 amide bonds. The van der Waals surface area contributed by atoms with Crippen LogP contribution in [0.5, 0.6) is 0 Å². The second-order valence-corrected chi connectivity index (χ2v) is 10.7. The van der Waals surface area contributed by atoms with E-state index in [1.165, 1.54) is 6.08 Å². The molecule has 0 fully saturated rings. The van der Waals surface area contributed by atoms with Gasteiger partial charge in [0.25, 0.3) is 0 Å². The average Bonchev–Trinajstić information content (AvgIpc) is 2.90. The number of benzene rings is 3. The van der Waals surface area contributed by atoms with Crippen LogP contribution in [0.3, 0.4) is 0 Å². The number of alkyl carbamates (subject to hydrolysis) is 1. The standard InChI is InChI=1S/C29H32N2O5S/c1-37(34,35)20-19-26(21-24-13-7-3-8-14-24)30-28(32)27(18-17-23-11-5-2-6-12-23)31-29(33)36-22-25-15-9-4-10-16-25/h2-16,19-20,26-27H,17-18,21-22H2,1H3,(H,30,32)(H,31,33)/b20-19+. The first kappa shape index (κ1) is 27.7. The molecule has 0 saturated carbocycles. The summed E-state index contributed by atoms with van der Waals surface area (Å²) in [5.41, 5.74) is 2.79. The zero-order chi connectivity index (χ0) is 26.5. The van der Waals surface area contributed by atoms with Gasteiger partial charge < -0.3 is 15.4 Å². The molecule has 0 bridgehead atoms. The van der Waals surface area contributed by atoms with E-state index in [2.05, 4.69) is 10.6 Å². The van der Waals surface area contributed by atoms with Crippen molar-refractivity contribution in [2.75, 3.05) is 6.26 Å². The molecular formula is C29H32N2O5S. The van der Waals surface area contributed by atoms with Gasteiger partial charge in [-0.05, 0) is 36.0 Å². The number of rotatable bonds is 12. The van der Waals surface area contributed by atoms with E-state index in [1.54, 1.807) is 0 Å². The molecule has 2 unspecified atom stereocenters. The third-order valence-corrected chi connectivity index (χ3v) is 6.22. The Balaban J connectivity index is 1.72. The molecule has 3 aromatic carbocycles. The maximum Gasteiger partial charge on any atom is 0.408 e. The number of hydrogen-bond donors (Lipinski definition) is 2. The number of amides is 2. The molecule has 8 heteroatoms. The zero-order valence-electron chi connectivity index (χ0n) is 20.7. The normalized spacial score (nSPS) is 13.0. The molecule has 2 N–H and O–H groups in total. The lowest BCUT2D eigenvalue weighted by Gasteiger charge is -2.22. The minimum absolute atomic E-state index is 0.0768. The molecule has 2 atom stereocenters. The fraction of sp³-hybridized carbons (Fsp3) is 0.241. The Kier molecular flexibility index (Phi) is 10.5. The highest BCUT2D eigenvalue weighted by Gasteiger charge is 2.24. The Morgan fingerprint density at radius 3 is 1.92 bits per heavy atom. The summed E-state index contributed by atoms with van der Waals surface area (Å²) in [4.78, 5) is 25.9. The molecule has 0 aliphatic carbocycles. The molecular weight excluding hydrogens is 488 g/mol. The van der Waals surface area contributed by atoms with Crippen molar-refractivity contribution in [2.24, 2.45) is 0 Å². The van der Waals surface area contributed by atoms with Gasteiger partial charge in [0, 0.05) is 11.7 Å². The van der Waals surface area contributed by atoms with E-state index in [9.17, 15) is 18.0 Å². The molecule has 3 aromatic rings. The molecule has 0 aliphatic heterocycles. The smallest absolute Gasteiger partial charge is 0.408 e. The van der Waals surface area contributed by atoms with E-state index in [4.69, 9.17) is 4.74 Å². The number of aryl methyl sites for hydroxylation is 1. The molecule has 7 nitrogen and oxygen atoms in total. The van der Waals surface area contributed by atoms with Crippen molar-refractivity contribution >= 4 is 21.8 Å². The summed E-state index contributed by atoms with van der Waals surface area (Å²) >= 11 is 0. The summed E-state index contributed by atoms with van der Waals surface area (Å²) in [5, 5.41) is 6.66. The largest absolute Gasteiger partial charge is 0.445 e. The van der Waals surface area contributed by atoms with Gasteiger partial charge in [-0.3, -0.25) is 4.79 Å². The first-order chi connectivity index (χ1) is 17.8. The van der Waals surface area contributed by atoms with Crippen LogP contribution in [0.1, 0.15) is 23.1 Å². The van der Waals surface area contributed by atoms with Gasteiger partial charge >= 0.3 is 6.09 Å². The lowest BCUT2D eigenvalue weighted by atomic mass is 10.0. The molecule has 0 heterocycles. The van der Waals surface area contributed by atoms with E-state index in [1.807, 2.05) is 91.0 Å². The number of ether oxygens (including phenoxy) is 1. The first-order valence-corrected chi connectivity index (χ1v) is 14.0. The number of carbonyl (C=O) groups excluding carboxylic acids is 2. The Labute approximate surface area is 218 Å². The van der Waals surface area contributed by atoms with Gasteiger partial charge in [0.05, 0.1) is 6.04 Å². The van der Waals surface area contributed by atoms with Crippen LogP contribution in [-0.4, -0.2) is 38.8 Å². The van der Waals surface area contributed by atoms with E-state index in [0.717, 1.165) is 28.4 Å². The fourth-order valence-electron chi connectivity index (χ4n) is 3.69. The third-order valence-electron chi connectivity index (χ3n) is 5.57. The highest BCUT2D eigenvalue weighted by Crippen LogP contribution is 2.09. The maximum atomic E-state index is 13.3. The predicted octanol–water partition coefficient (Wildman–Crippen LogP) is 4.20. The Hall–Kier alpha value is -3.91. The van der Waals surface area contributed by atoms with Crippen molar-refractivity contribution in [3.8, 4) is 0 Å². The molecule has 194 valence electrons. The molecule has 0 aliphatic rings. The van der Waals surface area contributed by atoms with Gasteiger partial charge in [-0.2, -0.15) is 0 Å². The molecule has 0 radical (unpaired) electrons. The minimum Gasteiger partial charge on any atom is -0.445 e. The molecule has 3 rings (SSSR count). The fourth-order valence-corrected chi connectivity index (χ4v) is 4.16. The van der Waals surface area contributed by atoms with Gasteiger partial charge in [-0.15, -0.1) is 0 Å². The minimum atomic E-state index is -3.39. The summed E-state index contributed by atoms with van der Waals surface area (Å²) in [6.07, 6.45) is 3.14. The summed E-state index contributed by atoms with van der Waals surface area (Å²) in [6, 6.07) is 26.9. The molecule has 0 saturated heterocycles. The maximum absolute atomic E-state index is 13.3. The van der Waals surface area contributed by atoms with E-state index >= 15 is 0 Å². The number of nitrogens with one attached hydrogen (secondary N) is 2.